The Balaban J connectivity index is 0.000000510. The van der Waals surface area contributed by atoms with Crippen LogP contribution in [0.15, 0.2) is 24.3 Å². The lowest BCUT2D eigenvalue weighted by atomic mass is 10.2. The van der Waals surface area contributed by atoms with E-state index in [4.69, 9.17) is 10.3 Å². The smallest absolute Gasteiger partial charge is 0.151 e. The maximum Gasteiger partial charge on any atom is 0.151 e. The molecule has 0 aliphatic carbocycles. The van der Waals surface area contributed by atoms with Crippen LogP contribution < -0.4 is 5.73 Å². The van der Waals surface area contributed by atoms with Gasteiger partial charge in [-0.25, -0.2) is 9.97 Å². The molecule has 4 nitrogen and oxygen atoms in total. The molecule has 114 valence electrons. The van der Waals surface area contributed by atoms with Crippen LogP contribution in [0.25, 0.3) is 21.1 Å². The number of rotatable bonds is 2. The second kappa shape index (κ2) is 8.88. The molecule has 6 heteroatoms. The zero-order valence-corrected chi connectivity index (χ0v) is 14.9. The summed E-state index contributed by atoms with van der Waals surface area (Å²) in [6.07, 6.45) is 0. The Labute approximate surface area is 132 Å². The zero-order chi connectivity index (χ0) is 15.8. The molecule has 3 rings (SSSR count). The van der Waals surface area contributed by atoms with Crippen molar-refractivity contribution in [3.8, 4) is 0 Å². The van der Waals surface area contributed by atoms with E-state index in [1.807, 2.05) is 52.0 Å². The fraction of sp³-hybridized carbons (Fsp3) is 0.333. The molecular formula is C15H22N3OPS. The standard InChI is InChI=1S/C11H10N3OPS.2C2H6/c12-11-9-10(17-8(14-9)5-15-16)6-3-1-2-4-7(6)13-11;2*1-2/h1-4H,5,16H2,(H2,12,13);2*1-2H3. The second-order valence-corrected chi connectivity index (χ2v) is 5.03. The predicted molar refractivity (Wildman–Crippen MR) is 96.5 cm³/mol. The summed E-state index contributed by atoms with van der Waals surface area (Å²) in [7, 11) is 2.22. The van der Waals surface area contributed by atoms with Crippen molar-refractivity contribution in [2.24, 2.45) is 0 Å². The van der Waals surface area contributed by atoms with Crippen LogP contribution in [-0.4, -0.2) is 9.97 Å². The number of nitrogens with two attached hydrogens (primary N) is 1. The van der Waals surface area contributed by atoms with E-state index in [1.165, 1.54) is 0 Å². The average molecular weight is 323 g/mol. The van der Waals surface area contributed by atoms with E-state index in [1.54, 1.807) is 11.3 Å². The number of pyridine rings is 1. The van der Waals surface area contributed by atoms with Gasteiger partial charge in [-0.15, -0.1) is 11.3 Å². The lowest BCUT2D eigenvalue weighted by Crippen LogP contribution is -1.92. The summed E-state index contributed by atoms with van der Waals surface area (Å²) < 4.78 is 6.09. The number of benzene rings is 1. The van der Waals surface area contributed by atoms with Gasteiger partial charge in [-0.3, -0.25) is 0 Å². The molecule has 2 N–H and O–H groups in total. The van der Waals surface area contributed by atoms with Gasteiger partial charge >= 0.3 is 0 Å². The van der Waals surface area contributed by atoms with Crippen LogP contribution in [0.3, 0.4) is 0 Å². The Morgan fingerprint density at radius 2 is 1.81 bits per heavy atom. The first-order chi connectivity index (χ1) is 10.3. The summed E-state index contributed by atoms with van der Waals surface area (Å²) >= 11 is 1.60. The van der Waals surface area contributed by atoms with Crippen molar-refractivity contribution in [2.75, 3.05) is 5.73 Å². The van der Waals surface area contributed by atoms with Gasteiger partial charge in [-0.1, -0.05) is 45.9 Å². The molecule has 0 saturated heterocycles. The van der Waals surface area contributed by atoms with Gasteiger partial charge in [0, 0.05) is 14.9 Å². The highest BCUT2D eigenvalue weighted by molar-refractivity contribution is 7.19. The van der Waals surface area contributed by atoms with E-state index in [-0.39, 0.29) is 0 Å². The highest BCUT2D eigenvalue weighted by Crippen LogP contribution is 2.32. The maximum absolute atomic E-state index is 5.92. The fourth-order valence-electron chi connectivity index (χ4n) is 1.80. The largest absolute Gasteiger partial charge is 0.382 e. The van der Waals surface area contributed by atoms with Crippen molar-refractivity contribution < 1.29 is 4.52 Å². The number of nitrogens with zero attached hydrogens (tertiary/aromatic N) is 2. The lowest BCUT2D eigenvalue weighted by Gasteiger charge is -1.99. The third-order valence-corrected chi connectivity index (χ3v) is 3.74. The highest BCUT2D eigenvalue weighted by Gasteiger charge is 2.11. The third kappa shape index (κ3) is 3.88. The minimum Gasteiger partial charge on any atom is -0.382 e. The van der Waals surface area contributed by atoms with Gasteiger partial charge in [-0.2, -0.15) is 0 Å². The second-order valence-electron chi connectivity index (χ2n) is 3.61. The van der Waals surface area contributed by atoms with Gasteiger partial charge in [0.2, 0.25) is 0 Å². The molecule has 0 radical (unpaired) electrons. The molecule has 0 aliphatic rings. The van der Waals surface area contributed by atoms with Crippen molar-refractivity contribution in [2.45, 2.75) is 34.3 Å². The molecule has 0 spiro atoms. The minimum atomic E-state index is 0.470. The Kier molecular flexibility index (Phi) is 7.51. The Morgan fingerprint density at radius 3 is 2.48 bits per heavy atom. The quantitative estimate of drug-likeness (QED) is 0.689. The van der Waals surface area contributed by atoms with Crippen LogP contribution in [-0.2, 0) is 11.1 Å². The van der Waals surface area contributed by atoms with Gasteiger partial charge in [0.25, 0.3) is 0 Å². The number of thiazole rings is 1. The summed E-state index contributed by atoms with van der Waals surface area (Å²) in [6, 6.07) is 7.93. The SMILES string of the molecule is CC.CC.Nc1nc2ccccc2c2sc(COP)nc12. The summed E-state index contributed by atoms with van der Waals surface area (Å²) in [4.78, 5) is 8.80. The van der Waals surface area contributed by atoms with Gasteiger partial charge in [0.15, 0.2) is 5.82 Å². The van der Waals surface area contributed by atoms with E-state index in [2.05, 4.69) is 19.4 Å². The van der Waals surface area contributed by atoms with E-state index >= 15 is 0 Å². The van der Waals surface area contributed by atoms with E-state index < -0.39 is 0 Å². The summed E-state index contributed by atoms with van der Waals surface area (Å²) in [5.41, 5.74) is 7.59. The molecule has 3 aromatic rings. The van der Waals surface area contributed by atoms with E-state index in [0.29, 0.717) is 12.4 Å². The van der Waals surface area contributed by atoms with E-state index in [0.717, 1.165) is 26.1 Å². The van der Waals surface area contributed by atoms with Crippen molar-refractivity contribution >= 4 is 47.7 Å². The first-order valence-corrected chi connectivity index (χ1v) is 8.33. The van der Waals surface area contributed by atoms with Crippen molar-refractivity contribution in [1.82, 2.24) is 9.97 Å². The van der Waals surface area contributed by atoms with Crippen molar-refractivity contribution in [1.29, 1.82) is 0 Å². The molecule has 2 aromatic heterocycles. The number of nitrogen functional groups attached to an aromatic ring is 1. The molecule has 1 unspecified atom stereocenters. The van der Waals surface area contributed by atoms with Gasteiger partial charge in [0.05, 0.1) is 10.2 Å². The van der Waals surface area contributed by atoms with Crippen LogP contribution in [0.4, 0.5) is 5.82 Å². The molecule has 1 aromatic carbocycles. The predicted octanol–water partition coefficient (Wildman–Crippen LogP) is 4.79. The molecule has 0 aliphatic heterocycles. The first kappa shape index (κ1) is 17.8. The van der Waals surface area contributed by atoms with Crippen LogP contribution in [0, 0.1) is 0 Å². The summed E-state index contributed by atoms with van der Waals surface area (Å²) in [5.74, 6) is 0.477. The maximum atomic E-state index is 5.92. The summed E-state index contributed by atoms with van der Waals surface area (Å²) in [6.45, 7) is 8.47. The number of hydrogen-bond donors (Lipinski definition) is 1. The Bertz CT molecular complexity index is 700. The lowest BCUT2D eigenvalue weighted by molar-refractivity contribution is 0.361. The Morgan fingerprint density at radius 1 is 1.14 bits per heavy atom. The third-order valence-electron chi connectivity index (χ3n) is 2.51. The molecule has 21 heavy (non-hydrogen) atoms. The summed E-state index contributed by atoms with van der Waals surface area (Å²) in [5, 5.41) is 1.99. The number of anilines is 1. The molecule has 0 fully saturated rings. The number of fused-ring (bicyclic) bond motifs is 3. The van der Waals surface area contributed by atoms with Gasteiger partial charge in [0.1, 0.15) is 17.1 Å². The minimum absolute atomic E-state index is 0.470. The Hall–Kier alpha value is -1.29. The first-order valence-electron chi connectivity index (χ1n) is 7.05. The number of para-hydroxylation sites is 1. The normalized spacial score (nSPS) is 9.76. The van der Waals surface area contributed by atoms with E-state index in [9.17, 15) is 0 Å². The number of hydrogen-bond acceptors (Lipinski definition) is 5. The van der Waals surface area contributed by atoms with Crippen LogP contribution in [0.5, 0.6) is 0 Å². The monoisotopic (exact) mass is 323 g/mol. The van der Waals surface area contributed by atoms with Gasteiger partial charge < -0.3 is 10.3 Å². The van der Waals surface area contributed by atoms with Crippen LogP contribution in [0.2, 0.25) is 0 Å². The van der Waals surface area contributed by atoms with Gasteiger partial charge in [-0.05, 0) is 6.07 Å². The molecule has 2 heterocycles. The highest BCUT2D eigenvalue weighted by atomic mass is 32.1. The topological polar surface area (TPSA) is 61.0 Å². The van der Waals surface area contributed by atoms with Crippen LogP contribution >= 0.6 is 20.8 Å². The molecule has 0 bridgehead atoms. The molecule has 0 amide bonds. The molecule has 1 atom stereocenters. The molecule has 0 saturated carbocycles. The van der Waals surface area contributed by atoms with Crippen LogP contribution in [0.1, 0.15) is 32.7 Å². The number of aromatic nitrogens is 2. The zero-order valence-electron chi connectivity index (χ0n) is 12.9. The van der Waals surface area contributed by atoms with Crippen molar-refractivity contribution in [3.05, 3.63) is 29.3 Å². The van der Waals surface area contributed by atoms with Crippen molar-refractivity contribution in [3.63, 3.8) is 0 Å². The fourth-order valence-corrected chi connectivity index (χ4v) is 3.11. The molecular weight excluding hydrogens is 301 g/mol. The average Bonchev–Trinajstić information content (AvgIpc) is 2.97.